The molecule has 1 aliphatic heterocycles. The Kier molecular flexibility index (Phi) is 5.10. The van der Waals surface area contributed by atoms with Gasteiger partial charge in [-0.1, -0.05) is 0 Å². The molecule has 0 saturated carbocycles. The number of imidazole rings is 1. The molecule has 0 aromatic carbocycles. The first kappa shape index (κ1) is 16.4. The Hall–Kier alpha value is -2.41. The molecule has 2 aromatic heterocycles. The predicted molar refractivity (Wildman–Crippen MR) is 87.9 cm³/mol. The van der Waals surface area contributed by atoms with Gasteiger partial charge in [-0.15, -0.1) is 0 Å². The van der Waals surface area contributed by atoms with Crippen molar-refractivity contribution in [1.29, 1.82) is 0 Å². The molecule has 0 radical (unpaired) electrons. The summed E-state index contributed by atoms with van der Waals surface area (Å²) in [4.78, 5) is 22.7. The third-order valence-corrected chi connectivity index (χ3v) is 4.42. The van der Waals surface area contributed by atoms with Crippen molar-refractivity contribution in [2.75, 3.05) is 26.8 Å². The first-order valence-electron chi connectivity index (χ1n) is 8.14. The summed E-state index contributed by atoms with van der Waals surface area (Å²) in [6.07, 6.45) is 7.01. The van der Waals surface area contributed by atoms with Gasteiger partial charge in [0, 0.05) is 51.3 Å². The number of amides is 1. The number of likely N-dealkylation sites (tertiary alicyclic amines) is 1. The van der Waals surface area contributed by atoms with Gasteiger partial charge in [0.25, 0.3) is 5.91 Å². The van der Waals surface area contributed by atoms with E-state index in [0.29, 0.717) is 25.6 Å². The number of rotatable bonds is 5. The number of hydrogen-bond acceptors (Lipinski definition) is 5. The molecule has 1 aliphatic rings. The van der Waals surface area contributed by atoms with Crippen molar-refractivity contribution in [1.82, 2.24) is 19.4 Å². The minimum Gasteiger partial charge on any atom is -0.505 e. The van der Waals surface area contributed by atoms with Gasteiger partial charge >= 0.3 is 0 Å². The summed E-state index contributed by atoms with van der Waals surface area (Å²) in [5.41, 5.74) is 0.123. The second kappa shape index (κ2) is 7.44. The van der Waals surface area contributed by atoms with Crippen LogP contribution in [0.25, 0.3) is 0 Å². The van der Waals surface area contributed by atoms with Crippen LogP contribution >= 0.6 is 0 Å². The molecule has 24 heavy (non-hydrogen) atoms. The molecule has 1 fully saturated rings. The fourth-order valence-corrected chi connectivity index (χ4v) is 3.11. The second-order valence-corrected chi connectivity index (χ2v) is 5.91. The molecular formula is C17H22N4O3. The predicted octanol–water partition coefficient (Wildman–Crippen LogP) is 1.65. The van der Waals surface area contributed by atoms with E-state index in [1.54, 1.807) is 18.1 Å². The highest BCUT2D eigenvalue weighted by Gasteiger charge is 2.28. The summed E-state index contributed by atoms with van der Waals surface area (Å²) in [7, 11) is 1.69. The molecule has 7 nitrogen and oxygen atoms in total. The lowest BCUT2D eigenvalue weighted by molar-refractivity contribution is 0.0700. The number of pyridine rings is 1. The Morgan fingerprint density at radius 2 is 2.12 bits per heavy atom. The maximum atomic E-state index is 12.5. The molecule has 1 amide bonds. The van der Waals surface area contributed by atoms with E-state index in [2.05, 4.69) is 14.5 Å². The Balaban J connectivity index is 1.63. The third kappa shape index (κ3) is 3.41. The zero-order chi connectivity index (χ0) is 16.9. The topological polar surface area (TPSA) is 80.5 Å². The van der Waals surface area contributed by atoms with Crippen molar-refractivity contribution < 1.29 is 14.6 Å². The fourth-order valence-electron chi connectivity index (χ4n) is 3.11. The van der Waals surface area contributed by atoms with Gasteiger partial charge in [0.2, 0.25) is 0 Å². The monoisotopic (exact) mass is 330 g/mol. The van der Waals surface area contributed by atoms with Crippen LogP contribution in [0.2, 0.25) is 0 Å². The molecule has 0 unspecified atom stereocenters. The maximum absolute atomic E-state index is 12.5. The fraction of sp³-hybridized carbons (Fsp3) is 0.471. The summed E-state index contributed by atoms with van der Waals surface area (Å²) >= 11 is 0. The normalized spacial score (nSPS) is 15.6. The van der Waals surface area contributed by atoms with Crippen molar-refractivity contribution in [3.8, 4) is 5.75 Å². The SMILES string of the molecule is COCCn1ccnc1C1CCN(C(=O)c2ncccc2O)CC1. The number of ether oxygens (including phenoxy) is 1. The van der Waals surface area contributed by atoms with Crippen LogP contribution in [-0.2, 0) is 11.3 Å². The summed E-state index contributed by atoms with van der Waals surface area (Å²) in [6, 6.07) is 3.10. The molecule has 1 saturated heterocycles. The van der Waals surface area contributed by atoms with Gasteiger partial charge < -0.3 is 19.3 Å². The number of aromatic nitrogens is 3. The van der Waals surface area contributed by atoms with E-state index in [1.165, 1.54) is 12.3 Å². The Morgan fingerprint density at radius 1 is 1.33 bits per heavy atom. The quantitative estimate of drug-likeness (QED) is 0.901. The van der Waals surface area contributed by atoms with E-state index in [9.17, 15) is 9.90 Å². The highest BCUT2D eigenvalue weighted by atomic mass is 16.5. The third-order valence-electron chi connectivity index (χ3n) is 4.42. The van der Waals surface area contributed by atoms with Gasteiger partial charge in [-0.25, -0.2) is 9.97 Å². The lowest BCUT2D eigenvalue weighted by atomic mass is 9.95. The minimum absolute atomic E-state index is 0.0697. The van der Waals surface area contributed by atoms with E-state index in [-0.39, 0.29) is 17.4 Å². The largest absolute Gasteiger partial charge is 0.505 e. The molecular weight excluding hydrogens is 308 g/mol. The lowest BCUT2D eigenvalue weighted by Gasteiger charge is -2.31. The van der Waals surface area contributed by atoms with E-state index < -0.39 is 0 Å². The van der Waals surface area contributed by atoms with Gasteiger partial charge in [-0.2, -0.15) is 0 Å². The van der Waals surface area contributed by atoms with E-state index in [1.807, 2.05) is 12.4 Å². The molecule has 3 heterocycles. The standard InChI is InChI=1S/C17H22N4O3/c1-24-12-11-20-10-7-19-16(20)13-4-8-21(9-5-13)17(23)15-14(22)3-2-6-18-15/h2-3,6-7,10,13,22H,4-5,8-9,11-12H2,1H3. The highest BCUT2D eigenvalue weighted by molar-refractivity contribution is 5.94. The second-order valence-electron chi connectivity index (χ2n) is 5.91. The van der Waals surface area contributed by atoms with Crippen molar-refractivity contribution in [3.63, 3.8) is 0 Å². The number of piperidine rings is 1. The summed E-state index contributed by atoms with van der Waals surface area (Å²) in [5, 5.41) is 9.80. The number of nitrogens with zero attached hydrogens (tertiary/aromatic N) is 4. The Morgan fingerprint density at radius 3 is 2.83 bits per heavy atom. The van der Waals surface area contributed by atoms with Crippen molar-refractivity contribution in [3.05, 3.63) is 42.2 Å². The first-order valence-corrected chi connectivity index (χ1v) is 8.14. The van der Waals surface area contributed by atoms with Crippen LogP contribution in [0.4, 0.5) is 0 Å². The average molecular weight is 330 g/mol. The zero-order valence-corrected chi connectivity index (χ0v) is 13.8. The minimum atomic E-state index is -0.214. The van der Waals surface area contributed by atoms with Gasteiger partial charge in [-0.05, 0) is 25.0 Å². The average Bonchev–Trinajstić information content (AvgIpc) is 3.08. The van der Waals surface area contributed by atoms with Crippen LogP contribution in [-0.4, -0.2) is 57.3 Å². The smallest absolute Gasteiger partial charge is 0.276 e. The van der Waals surface area contributed by atoms with Gasteiger partial charge in [-0.3, -0.25) is 4.79 Å². The summed E-state index contributed by atoms with van der Waals surface area (Å²) in [6.45, 7) is 2.71. The van der Waals surface area contributed by atoms with Gasteiger partial charge in [0.1, 0.15) is 11.6 Å². The maximum Gasteiger partial charge on any atom is 0.276 e. The highest BCUT2D eigenvalue weighted by Crippen LogP contribution is 2.28. The van der Waals surface area contributed by atoms with Gasteiger partial charge in [0.05, 0.1) is 6.61 Å². The summed E-state index contributed by atoms with van der Waals surface area (Å²) in [5.74, 6) is 1.10. The van der Waals surface area contributed by atoms with Crippen molar-refractivity contribution in [2.24, 2.45) is 0 Å². The van der Waals surface area contributed by atoms with Crippen LogP contribution in [0.5, 0.6) is 5.75 Å². The van der Waals surface area contributed by atoms with E-state index in [4.69, 9.17) is 4.74 Å². The number of hydrogen-bond donors (Lipinski definition) is 1. The number of aromatic hydroxyl groups is 1. The van der Waals surface area contributed by atoms with Crippen LogP contribution in [0, 0.1) is 0 Å². The zero-order valence-electron chi connectivity index (χ0n) is 13.8. The molecule has 1 N–H and O–H groups in total. The molecule has 2 aromatic rings. The number of carbonyl (C=O) groups is 1. The lowest BCUT2D eigenvalue weighted by Crippen LogP contribution is -2.38. The first-order chi connectivity index (χ1) is 11.7. The number of methoxy groups -OCH3 is 1. The van der Waals surface area contributed by atoms with Gasteiger partial charge in [0.15, 0.2) is 5.69 Å². The van der Waals surface area contributed by atoms with Crippen LogP contribution < -0.4 is 0 Å². The van der Waals surface area contributed by atoms with Crippen molar-refractivity contribution >= 4 is 5.91 Å². The van der Waals surface area contributed by atoms with Crippen molar-refractivity contribution in [2.45, 2.75) is 25.3 Å². The molecule has 0 bridgehead atoms. The Bertz CT molecular complexity index is 693. The van der Waals surface area contributed by atoms with Crippen LogP contribution in [0.15, 0.2) is 30.7 Å². The molecule has 7 heteroatoms. The molecule has 0 spiro atoms. The molecule has 128 valence electrons. The molecule has 3 rings (SSSR count). The van der Waals surface area contributed by atoms with Crippen LogP contribution in [0.3, 0.4) is 0 Å². The molecule has 0 aliphatic carbocycles. The Labute approximate surface area is 140 Å². The van der Waals surface area contributed by atoms with E-state index in [0.717, 1.165) is 25.2 Å². The molecule has 0 atom stereocenters. The number of carbonyl (C=O) groups excluding carboxylic acids is 1. The summed E-state index contributed by atoms with van der Waals surface area (Å²) < 4.78 is 7.26. The van der Waals surface area contributed by atoms with Crippen LogP contribution in [0.1, 0.15) is 35.1 Å². The van der Waals surface area contributed by atoms with E-state index >= 15 is 0 Å².